The molecule has 0 heterocycles. The Morgan fingerprint density at radius 3 is 2.88 bits per heavy atom. The highest BCUT2D eigenvalue weighted by atomic mass is 35.5. The van der Waals surface area contributed by atoms with Gasteiger partial charge in [0.15, 0.2) is 0 Å². The minimum atomic E-state index is -0.377. The van der Waals surface area contributed by atoms with Crippen molar-refractivity contribution in [1.29, 1.82) is 0 Å². The third kappa shape index (κ3) is 1.47. The molecule has 1 amide bonds. The van der Waals surface area contributed by atoms with E-state index in [0.29, 0.717) is 59.9 Å². The van der Waals surface area contributed by atoms with Gasteiger partial charge in [-0.3, -0.25) is 9.59 Å². The number of carbonyl (C=O) groups excluding carboxylic acids is 2. The standard InChI is InChI=1S/C21H22ClNO3/c22-11-4-1-3-10(7-11)9-23(5-2-6-24)20(26)21-16-13-8-12-14(16)18(21)19(25)15(12)17(13)21/h1,3-4,7,12-18,24H,2,5-6,8-9H2. The zero-order valence-electron chi connectivity index (χ0n) is 14.5. The fourth-order valence-corrected chi connectivity index (χ4v) is 8.25. The number of amides is 1. The largest absolute Gasteiger partial charge is 0.396 e. The van der Waals surface area contributed by atoms with E-state index < -0.39 is 0 Å². The van der Waals surface area contributed by atoms with Crippen LogP contribution in [0, 0.1) is 46.8 Å². The van der Waals surface area contributed by atoms with Gasteiger partial charge in [0.1, 0.15) is 5.78 Å². The van der Waals surface area contributed by atoms with Crippen LogP contribution in [0.25, 0.3) is 0 Å². The molecule has 7 rings (SSSR count). The van der Waals surface area contributed by atoms with Gasteiger partial charge < -0.3 is 10.0 Å². The lowest BCUT2D eigenvalue weighted by Crippen LogP contribution is -2.75. The molecule has 5 heteroatoms. The van der Waals surface area contributed by atoms with Crippen molar-refractivity contribution in [1.82, 2.24) is 4.90 Å². The number of aliphatic hydroxyl groups is 1. The van der Waals surface area contributed by atoms with Gasteiger partial charge in [0.2, 0.25) is 5.91 Å². The Kier molecular flexibility index (Phi) is 2.95. The van der Waals surface area contributed by atoms with Crippen molar-refractivity contribution in [2.75, 3.05) is 13.2 Å². The first-order chi connectivity index (χ1) is 12.6. The third-order valence-electron chi connectivity index (χ3n) is 8.37. The van der Waals surface area contributed by atoms with Gasteiger partial charge in [-0.2, -0.15) is 0 Å². The molecule has 6 aliphatic rings. The lowest BCUT2D eigenvalue weighted by atomic mass is 9.31. The number of carbonyl (C=O) groups is 2. The number of hydrogen-bond donors (Lipinski definition) is 1. The molecule has 0 aromatic heterocycles. The van der Waals surface area contributed by atoms with Crippen molar-refractivity contribution < 1.29 is 14.7 Å². The zero-order chi connectivity index (χ0) is 17.8. The monoisotopic (exact) mass is 371 g/mol. The van der Waals surface area contributed by atoms with E-state index in [-0.39, 0.29) is 29.8 Å². The Morgan fingerprint density at radius 2 is 2.15 bits per heavy atom. The van der Waals surface area contributed by atoms with Crippen LogP contribution in [0.15, 0.2) is 24.3 Å². The topological polar surface area (TPSA) is 57.6 Å². The second-order valence-electron chi connectivity index (χ2n) is 8.96. The number of aliphatic hydroxyl groups excluding tert-OH is 1. The molecule has 26 heavy (non-hydrogen) atoms. The molecule has 0 radical (unpaired) electrons. The Bertz CT molecular complexity index is 840. The average Bonchev–Trinajstić information content (AvgIpc) is 3.13. The number of benzene rings is 1. The number of rotatable bonds is 6. The van der Waals surface area contributed by atoms with Crippen LogP contribution in [0.5, 0.6) is 0 Å². The third-order valence-corrected chi connectivity index (χ3v) is 8.60. The van der Waals surface area contributed by atoms with E-state index >= 15 is 0 Å². The van der Waals surface area contributed by atoms with Gasteiger partial charge in [-0.05, 0) is 60.1 Å². The quantitative estimate of drug-likeness (QED) is 0.835. The maximum Gasteiger partial charge on any atom is 0.230 e. The summed E-state index contributed by atoms with van der Waals surface area (Å²) in [6.07, 6.45) is 1.75. The van der Waals surface area contributed by atoms with Gasteiger partial charge in [0, 0.05) is 36.6 Å². The first-order valence-electron chi connectivity index (χ1n) is 9.79. The zero-order valence-corrected chi connectivity index (χ0v) is 15.2. The number of halogens is 1. The molecule has 1 aromatic carbocycles. The van der Waals surface area contributed by atoms with Crippen LogP contribution in [0.3, 0.4) is 0 Å². The van der Waals surface area contributed by atoms with Crippen molar-refractivity contribution in [2.45, 2.75) is 19.4 Å². The number of hydrogen-bond acceptors (Lipinski definition) is 3. The minimum Gasteiger partial charge on any atom is -0.396 e. The summed E-state index contributed by atoms with van der Waals surface area (Å²) < 4.78 is 0. The van der Waals surface area contributed by atoms with Crippen LogP contribution in [0.4, 0.5) is 0 Å². The molecule has 6 aliphatic carbocycles. The van der Waals surface area contributed by atoms with Gasteiger partial charge in [-0.25, -0.2) is 0 Å². The molecule has 1 aromatic rings. The number of Topliss-reactive ketones (excluding diaryl/α,β-unsaturated/α-hetero) is 1. The van der Waals surface area contributed by atoms with E-state index in [9.17, 15) is 14.7 Å². The second kappa shape index (κ2) is 4.90. The smallest absolute Gasteiger partial charge is 0.230 e. The second-order valence-corrected chi connectivity index (χ2v) is 9.40. The number of nitrogens with zero attached hydrogens (tertiary/aromatic N) is 1. The Hall–Kier alpha value is -1.39. The van der Waals surface area contributed by atoms with E-state index in [0.717, 1.165) is 5.56 Å². The molecule has 0 saturated heterocycles. The number of ketones is 1. The highest BCUT2D eigenvalue weighted by Gasteiger charge is 2.96. The van der Waals surface area contributed by atoms with E-state index in [4.69, 9.17) is 11.6 Å². The van der Waals surface area contributed by atoms with E-state index in [1.165, 1.54) is 6.42 Å². The van der Waals surface area contributed by atoms with Crippen molar-refractivity contribution in [3.8, 4) is 0 Å². The fraction of sp³-hybridized carbons (Fsp3) is 0.619. The summed E-state index contributed by atoms with van der Waals surface area (Å²) in [6.45, 7) is 1.11. The SMILES string of the molecule is O=C1C2C3CC4C2C2(C(=O)N(CCCO)Cc5cccc(Cl)c5)C1C3C42. The van der Waals surface area contributed by atoms with Gasteiger partial charge in [-0.15, -0.1) is 0 Å². The molecule has 6 saturated carbocycles. The lowest BCUT2D eigenvalue weighted by molar-refractivity contribution is -0.256. The fourth-order valence-electron chi connectivity index (χ4n) is 8.04. The molecular weight excluding hydrogens is 350 g/mol. The molecule has 0 aliphatic heterocycles. The average molecular weight is 372 g/mol. The van der Waals surface area contributed by atoms with Crippen molar-refractivity contribution in [3.05, 3.63) is 34.9 Å². The Morgan fingerprint density at radius 1 is 1.31 bits per heavy atom. The van der Waals surface area contributed by atoms with Gasteiger partial charge in [0.25, 0.3) is 0 Å². The molecule has 0 spiro atoms. The summed E-state index contributed by atoms with van der Waals surface area (Å²) >= 11 is 6.11. The minimum absolute atomic E-state index is 0.00902. The maximum absolute atomic E-state index is 13.7. The molecule has 8 atom stereocenters. The predicted molar refractivity (Wildman–Crippen MR) is 95.1 cm³/mol. The van der Waals surface area contributed by atoms with E-state index in [2.05, 4.69) is 0 Å². The molecule has 136 valence electrons. The molecule has 1 N–H and O–H groups in total. The summed E-state index contributed by atoms with van der Waals surface area (Å²) in [5.41, 5.74) is 0.626. The normalized spacial score (nSPS) is 45.0. The predicted octanol–water partition coefficient (Wildman–Crippen LogP) is 2.38. The van der Waals surface area contributed by atoms with Gasteiger partial charge in [-0.1, -0.05) is 23.7 Å². The summed E-state index contributed by atoms with van der Waals surface area (Å²) in [5.74, 6) is 3.31. The van der Waals surface area contributed by atoms with Crippen molar-refractivity contribution >= 4 is 23.3 Å². The van der Waals surface area contributed by atoms with Gasteiger partial charge >= 0.3 is 0 Å². The highest BCUT2D eigenvalue weighted by Crippen LogP contribution is 2.93. The first-order valence-corrected chi connectivity index (χ1v) is 10.2. The van der Waals surface area contributed by atoms with Gasteiger partial charge in [0.05, 0.1) is 5.41 Å². The molecular formula is C21H22ClNO3. The van der Waals surface area contributed by atoms with Crippen LogP contribution >= 0.6 is 11.6 Å². The van der Waals surface area contributed by atoms with Crippen LogP contribution < -0.4 is 0 Å². The summed E-state index contributed by atoms with van der Waals surface area (Å²) in [5, 5.41) is 9.95. The van der Waals surface area contributed by atoms with Crippen LogP contribution in [-0.4, -0.2) is 34.8 Å². The maximum atomic E-state index is 13.7. The molecule has 4 nitrogen and oxygen atoms in total. The van der Waals surface area contributed by atoms with Crippen molar-refractivity contribution in [2.24, 2.45) is 46.8 Å². The Balaban J connectivity index is 1.32. The van der Waals surface area contributed by atoms with Crippen molar-refractivity contribution in [3.63, 3.8) is 0 Å². The highest BCUT2D eigenvalue weighted by molar-refractivity contribution is 6.30. The molecule has 8 unspecified atom stereocenters. The van der Waals surface area contributed by atoms with E-state index in [1.807, 2.05) is 29.2 Å². The summed E-state index contributed by atoms with van der Waals surface area (Å²) in [4.78, 5) is 28.4. The first kappa shape index (κ1) is 15.6. The van der Waals surface area contributed by atoms with Crippen LogP contribution in [0.2, 0.25) is 5.02 Å². The molecule has 4 bridgehead atoms. The lowest BCUT2D eigenvalue weighted by Gasteiger charge is -2.70. The van der Waals surface area contributed by atoms with E-state index in [1.54, 1.807) is 0 Å². The van der Waals surface area contributed by atoms with Crippen LogP contribution in [0.1, 0.15) is 18.4 Å². The van der Waals surface area contributed by atoms with Crippen LogP contribution in [-0.2, 0) is 16.1 Å². The summed E-state index contributed by atoms with van der Waals surface area (Å²) in [6, 6.07) is 7.61. The Labute approximate surface area is 157 Å². The molecule has 6 fully saturated rings. The summed E-state index contributed by atoms with van der Waals surface area (Å²) in [7, 11) is 0.